The van der Waals surface area contributed by atoms with Gasteiger partial charge in [-0.15, -0.1) is 0 Å². The maximum atomic E-state index is 10.5. The Morgan fingerprint density at radius 2 is 2.05 bits per heavy atom. The van der Waals surface area contributed by atoms with Crippen molar-refractivity contribution in [3.05, 3.63) is 35.9 Å². The van der Waals surface area contributed by atoms with Crippen LogP contribution in [0.2, 0.25) is 0 Å². The molecule has 1 aliphatic rings. The summed E-state index contributed by atoms with van der Waals surface area (Å²) in [5, 5.41) is 8.61. The second-order valence-electron chi connectivity index (χ2n) is 5.19. The van der Waals surface area contributed by atoms with Crippen LogP contribution in [-0.2, 0) is 4.79 Å². The van der Waals surface area contributed by atoms with E-state index in [2.05, 4.69) is 35.8 Å². The number of hydrogen-bond acceptors (Lipinski definition) is 3. The van der Waals surface area contributed by atoms with Crippen LogP contribution in [0.25, 0.3) is 6.08 Å². The summed E-state index contributed by atoms with van der Waals surface area (Å²) in [4.78, 5) is 15.4. The Kier molecular flexibility index (Phi) is 4.79. The zero-order chi connectivity index (χ0) is 14.5. The van der Waals surface area contributed by atoms with Crippen molar-refractivity contribution in [3.63, 3.8) is 0 Å². The number of nitrogens with zero attached hydrogens (tertiary/aromatic N) is 2. The first-order valence-corrected chi connectivity index (χ1v) is 7.10. The Bertz CT molecular complexity index is 482. The van der Waals surface area contributed by atoms with Crippen LogP contribution in [0.1, 0.15) is 19.4 Å². The van der Waals surface area contributed by atoms with Gasteiger partial charge in [-0.25, -0.2) is 4.79 Å². The minimum atomic E-state index is -0.918. The van der Waals surface area contributed by atoms with Crippen LogP contribution in [0.5, 0.6) is 0 Å². The fourth-order valence-corrected chi connectivity index (χ4v) is 2.66. The maximum absolute atomic E-state index is 10.5. The largest absolute Gasteiger partial charge is 0.478 e. The summed E-state index contributed by atoms with van der Waals surface area (Å²) in [6.07, 6.45) is 2.78. The molecule has 4 heteroatoms. The predicted molar refractivity (Wildman–Crippen MR) is 82.0 cm³/mol. The maximum Gasteiger partial charge on any atom is 0.328 e. The van der Waals surface area contributed by atoms with Crippen LogP contribution < -0.4 is 4.90 Å². The number of piperazine rings is 1. The van der Waals surface area contributed by atoms with Gasteiger partial charge in [0.15, 0.2) is 0 Å². The number of carboxylic acids is 1. The molecule has 0 aliphatic carbocycles. The van der Waals surface area contributed by atoms with Gasteiger partial charge in [0, 0.05) is 37.4 Å². The molecular formula is C16H22N2O2. The molecule has 1 aromatic carbocycles. The van der Waals surface area contributed by atoms with Crippen LogP contribution in [0.3, 0.4) is 0 Å². The molecule has 1 atom stereocenters. The average molecular weight is 274 g/mol. The van der Waals surface area contributed by atoms with Crippen LogP contribution in [0, 0.1) is 0 Å². The second kappa shape index (κ2) is 6.57. The minimum absolute atomic E-state index is 0.570. The molecule has 0 saturated carbocycles. The predicted octanol–water partition coefficient (Wildman–Crippen LogP) is 2.31. The van der Waals surface area contributed by atoms with Gasteiger partial charge in [0.2, 0.25) is 0 Å². The highest BCUT2D eigenvalue weighted by Crippen LogP contribution is 2.20. The summed E-state index contributed by atoms with van der Waals surface area (Å²) in [6, 6.07) is 8.63. The van der Waals surface area contributed by atoms with Gasteiger partial charge < -0.3 is 10.0 Å². The summed E-state index contributed by atoms with van der Waals surface area (Å²) in [5.41, 5.74) is 2.12. The van der Waals surface area contributed by atoms with Gasteiger partial charge in [0.1, 0.15) is 0 Å². The SMILES string of the molecule is CCN1CCN(c2ccc(C=CC(=O)O)cc2)CC1C. The Morgan fingerprint density at radius 1 is 1.35 bits per heavy atom. The van der Waals surface area contributed by atoms with Crippen LogP contribution in [0.15, 0.2) is 30.3 Å². The molecule has 1 fully saturated rings. The molecule has 0 amide bonds. The van der Waals surface area contributed by atoms with Crippen molar-refractivity contribution in [2.24, 2.45) is 0 Å². The third-order valence-corrected chi connectivity index (χ3v) is 3.85. The van der Waals surface area contributed by atoms with Gasteiger partial charge in [0.05, 0.1) is 0 Å². The van der Waals surface area contributed by atoms with Gasteiger partial charge >= 0.3 is 5.97 Å². The lowest BCUT2D eigenvalue weighted by Gasteiger charge is -2.40. The number of hydrogen-bond donors (Lipinski definition) is 1. The Morgan fingerprint density at radius 3 is 2.60 bits per heavy atom. The first kappa shape index (κ1) is 14.6. The molecule has 1 saturated heterocycles. The number of carboxylic acid groups (broad SMARTS) is 1. The molecule has 1 aliphatic heterocycles. The first-order chi connectivity index (χ1) is 9.60. The smallest absolute Gasteiger partial charge is 0.328 e. The molecule has 4 nitrogen and oxygen atoms in total. The highest BCUT2D eigenvalue weighted by atomic mass is 16.4. The van der Waals surface area contributed by atoms with Gasteiger partial charge in [-0.3, -0.25) is 4.90 Å². The fraction of sp³-hybridized carbons (Fsp3) is 0.438. The molecule has 20 heavy (non-hydrogen) atoms. The number of benzene rings is 1. The Balaban J connectivity index is 2.02. The van der Waals surface area contributed by atoms with Crippen molar-refractivity contribution >= 4 is 17.7 Å². The quantitative estimate of drug-likeness (QED) is 0.856. The zero-order valence-electron chi connectivity index (χ0n) is 12.1. The fourth-order valence-electron chi connectivity index (χ4n) is 2.66. The van der Waals surface area contributed by atoms with E-state index >= 15 is 0 Å². The van der Waals surface area contributed by atoms with Crippen molar-refractivity contribution < 1.29 is 9.90 Å². The molecule has 1 unspecified atom stereocenters. The lowest BCUT2D eigenvalue weighted by Crippen LogP contribution is -2.51. The van der Waals surface area contributed by atoms with Crippen LogP contribution in [0.4, 0.5) is 5.69 Å². The number of carbonyl (C=O) groups is 1. The summed E-state index contributed by atoms with van der Waals surface area (Å²) >= 11 is 0. The van der Waals surface area contributed by atoms with Crippen molar-refractivity contribution in [3.8, 4) is 0 Å². The Labute approximate surface area is 120 Å². The molecule has 2 rings (SSSR count). The molecule has 0 radical (unpaired) electrons. The molecular weight excluding hydrogens is 252 g/mol. The van der Waals surface area contributed by atoms with Gasteiger partial charge in [0.25, 0.3) is 0 Å². The topological polar surface area (TPSA) is 43.8 Å². The van der Waals surface area contributed by atoms with Gasteiger partial charge in [-0.05, 0) is 37.2 Å². The first-order valence-electron chi connectivity index (χ1n) is 7.10. The normalized spacial score (nSPS) is 20.5. The lowest BCUT2D eigenvalue weighted by atomic mass is 10.1. The zero-order valence-corrected chi connectivity index (χ0v) is 12.1. The van der Waals surface area contributed by atoms with Gasteiger partial charge in [-0.2, -0.15) is 0 Å². The van der Waals surface area contributed by atoms with Crippen LogP contribution >= 0.6 is 0 Å². The third-order valence-electron chi connectivity index (χ3n) is 3.85. The standard InChI is InChI=1S/C16H22N2O2/c1-3-17-10-11-18(12-13(17)2)15-7-4-14(5-8-15)6-9-16(19)20/h4-9,13H,3,10-12H2,1-2H3,(H,19,20). The summed E-state index contributed by atoms with van der Waals surface area (Å²) in [6.45, 7) is 8.75. The Hall–Kier alpha value is -1.81. The number of anilines is 1. The molecule has 0 spiro atoms. The van der Waals surface area contributed by atoms with E-state index < -0.39 is 5.97 Å². The molecule has 108 valence electrons. The summed E-state index contributed by atoms with van der Waals surface area (Å²) < 4.78 is 0. The van der Waals surface area contributed by atoms with Crippen molar-refractivity contribution in [1.29, 1.82) is 0 Å². The number of likely N-dealkylation sites (N-methyl/N-ethyl adjacent to an activating group) is 1. The second-order valence-corrected chi connectivity index (χ2v) is 5.19. The van der Waals surface area contributed by atoms with Crippen LogP contribution in [-0.4, -0.2) is 48.2 Å². The van der Waals surface area contributed by atoms with E-state index in [-0.39, 0.29) is 0 Å². The van der Waals surface area contributed by atoms with E-state index in [1.165, 1.54) is 5.69 Å². The molecule has 1 aromatic rings. The molecule has 0 aromatic heterocycles. The summed E-state index contributed by atoms with van der Waals surface area (Å²) in [5.74, 6) is -0.918. The van der Waals surface area contributed by atoms with E-state index in [0.29, 0.717) is 6.04 Å². The highest BCUT2D eigenvalue weighted by Gasteiger charge is 2.22. The van der Waals surface area contributed by atoms with E-state index in [4.69, 9.17) is 5.11 Å². The van der Waals surface area contributed by atoms with Crippen molar-refractivity contribution in [2.45, 2.75) is 19.9 Å². The van der Waals surface area contributed by atoms with E-state index in [1.807, 2.05) is 12.1 Å². The van der Waals surface area contributed by atoms with Crippen molar-refractivity contribution in [1.82, 2.24) is 4.90 Å². The molecule has 0 bridgehead atoms. The van der Waals surface area contributed by atoms with E-state index in [9.17, 15) is 4.79 Å². The third kappa shape index (κ3) is 3.61. The monoisotopic (exact) mass is 274 g/mol. The summed E-state index contributed by atoms with van der Waals surface area (Å²) in [7, 11) is 0. The van der Waals surface area contributed by atoms with E-state index in [1.54, 1.807) is 6.08 Å². The lowest BCUT2D eigenvalue weighted by molar-refractivity contribution is -0.131. The number of aliphatic carboxylic acids is 1. The van der Waals surface area contributed by atoms with Gasteiger partial charge in [-0.1, -0.05) is 19.1 Å². The van der Waals surface area contributed by atoms with Crippen molar-refractivity contribution in [2.75, 3.05) is 31.1 Å². The highest BCUT2D eigenvalue weighted by molar-refractivity contribution is 5.85. The number of rotatable bonds is 4. The minimum Gasteiger partial charge on any atom is -0.478 e. The average Bonchev–Trinajstić information content (AvgIpc) is 2.45. The molecule has 1 N–H and O–H groups in total. The van der Waals surface area contributed by atoms with E-state index in [0.717, 1.165) is 37.8 Å². The molecule has 1 heterocycles.